The second kappa shape index (κ2) is 4.00. The van der Waals surface area contributed by atoms with Crippen LogP contribution in [-0.4, -0.2) is 14.8 Å². The Hall–Kier alpha value is -1.78. The van der Waals surface area contributed by atoms with Crippen LogP contribution >= 0.6 is 0 Å². The maximum Gasteiger partial charge on any atom is 0.215 e. The van der Waals surface area contributed by atoms with Crippen LogP contribution in [-0.2, 0) is 13.7 Å². The third-order valence-electron chi connectivity index (χ3n) is 2.48. The summed E-state index contributed by atoms with van der Waals surface area (Å²) in [6.45, 7) is 6.13. The Bertz CT molecular complexity index is 499. The van der Waals surface area contributed by atoms with Crippen molar-refractivity contribution in [2.75, 3.05) is 0 Å². The van der Waals surface area contributed by atoms with Gasteiger partial charge in [0.2, 0.25) is 5.88 Å². The maximum absolute atomic E-state index is 5.65. The zero-order chi connectivity index (χ0) is 11.7. The van der Waals surface area contributed by atoms with Gasteiger partial charge in [0.05, 0.1) is 11.9 Å². The molecule has 0 N–H and O–H groups in total. The monoisotopic (exact) mass is 221 g/mol. The predicted molar refractivity (Wildman–Crippen MR) is 58.3 cm³/mol. The van der Waals surface area contributed by atoms with E-state index in [4.69, 9.17) is 9.15 Å². The third-order valence-corrected chi connectivity index (χ3v) is 2.48. The number of hydrogen-bond acceptors (Lipinski definition) is 4. The van der Waals surface area contributed by atoms with Gasteiger partial charge in [0.1, 0.15) is 6.61 Å². The molecule has 0 aromatic carbocycles. The third kappa shape index (κ3) is 1.93. The fraction of sp³-hybridized carbons (Fsp3) is 0.455. The molecule has 2 aromatic rings. The van der Waals surface area contributed by atoms with Crippen LogP contribution in [0.5, 0.6) is 5.88 Å². The summed E-state index contributed by atoms with van der Waals surface area (Å²) in [7, 11) is 1.86. The summed E-state index contributed by atoms with van der Waals surface area (Å²) < 4.78 is 12.7. The molecular formula is C11H15N3O2. The molecule has 0 saturated carbocycles. The second-order valence-corrected chi connectivity index (χ2v) is 3.77. The first-order valence-corrected chi connectivity index (χ1v) is 5.12. The second-order valence-electron chi connectivity index (χ2n) is 3.77. The molecule has 0 saturated heterocycles. The molecule has 2 rings (SSSR count). The van der Waals surface area contributed by atoms with Gasteiger partial charge in [0, 0.05) is 19.5 Å². The molecule has 0 bridgehead atoms. The standard InChI is InChI=1S/C11H15N3O2/c1-7-8(2)13-14(4)11(7)15-6-10-5-12-9(3)16-10/h5H,6H2,1-4H3. The normalized spacial score (nSPS) is 10.8. The lowest BCUT2D eigenvalue weighted by Gasteiger charge is -2.04. The summed E-state index contributed by atoms with van der Waals surface area (Å²) in [5.74, 6) is 2.14. The summed E-state index contributed by atoms with van der Waals surface area (Å²) in [5, 5.41) is 4.27. The Morgan fingerprint density at radius 1 is 1.38 bits per heavy atom. The molecule has 0 amide bonds. The van der Waals surface area contributed by atoms with Gasteiger partial charge in [-0.05, 0) is 13.8 Å². The van der Waals surface area contributed by atoms with E-state index < -0.39 is 0 Å². The largest absolute Gasteiger partial charge is 0.469 e. The molecule has 5 nitrogen and oxygen atoms in total. The number of ether oxygens (including phenoxy) is 1. The lowest BCUT2D eigenvalue weighted by molar-refractivity contribution is 0.245. The molecule has 0 aliphatic heterocycles. The van der Waals surface area contributed by atoms with Crippen molar-refractivity contribution >= 4 is 0 Å². The van der Waals surface area contributed by atoms with Gasteiger partial charge in [-0.1, -0.05) is 0 Å². The minimum absolute atomic E-state index is 0.376. The minimum Gasteiger partial charge on any atom is -0.469 e. The van der Waals surface area contributed by atoms with E-state index in [-0.39, 0.29) is 0 Å². The number of nitrogens with zero attached hydrogens (tertiary/aromatic N) is 3. The van der Waals surface area contributed by atoms with Crippen LogP contribution in [0.4, 0.5) is 0 Å². The van der Waals surface area contributed by atoms with Crippen LogP contribution in [0, 0.1) is 20.8 Å². The van der Waals surface area contributed by atoms with Gasteiger partial charge in [-0.15, -0.1) is 0 Å². The quantitative estimate of drug-likeness (QED) is 0.794. The molecule has 86 valence electrons. The van der Waals surface area contributed by atoms with Crippen molar-refractivity contribution in [2.24, 2.45) is 7.05 Å². The van der Waals surface area contributed by atoms with Crippen LogP contribution in [0.15, 0.2) is 10.6 Å². The van der Waals surface area contributed by atoms with Crippen molar-refractivity contribution in [2.45, 2.75) is 27.4 Å². The fourth-order valence-electron chi connectivity index (χ4n) is 1.56. The zero-order valence-corrected chi connectivity index (χ0v) is 9.94. The van der Waals surface area contributed by atoms with E-state index in [1.807, 2.05) is 27.8 Å². The van der Waals surface area contributed by atoms with E-state index in [0.717, 1.165) is 22.9 Å². The number of rotatable bonds is 3. The molecule has 0 fully saturated rings. The Morgan fingerprint density at radius 2 is 2.12 bits per heavy atom. The highest BCUT2D eigenvalue weighted by molar-refractivity contribution is 5.28. The van der Waals surface area contributed by atoms with E-state index in [1.165, 1.54) is 0 Å². The Kier molecular flexibility index (Phi) is 2.68. The topological polar surface area (TPSA) is 53.1 Å². The van der Waals surface area contributed by atoms with Crippen molar-refractivity contribution in [3.63, 3.8) is 0 Å². The van der Waals surface area contributed by atoms with Gasteiger partial charge in [0.15, 0.2) is 11.7 Å². The molecule has 0 atom stereocenters. The zero-order valence-electron chi connectivity index (χ0n) is 9.94. The molecule has 0 unspecified atom stereocenters. The number of hydrogen-bond donors (Lipinski definition) is 0. The van der Waals surface area contributed by atoms with Gasteiger partial charge in [-0.2, -0.15) is 5.10 Å². The van der Waals surface area contributed by atoms with Gasteiger partial charge < -0.3 is 9.15 Å². The van der Waals surface area contributed by atoms with Crippen molar-refractivity contribution in [1.29, 1.82) is 0 Å². The highest BCUT2D eigenvalue weighted by Gasteiger charge is 2.11. The van der Waals surface area contributed by atoms with Crippen LogP contribution < -0.4 is 4.74 Å². The maximum atomic E-state index is 5.65. The number of aryl methyl sites for hydroxylation is 3. The van der Waals surface area contributed by atoms with E-state index >= 15 is 0 Å². The number of aromatic nitrogens is 3. The van der Waals surface area contributed by atoms with Crippen molar-refractivity contribution in [1.82, 2.24) is 14.8 Å². The Morgan fingerprint density at radius 3 is 2.62 bits per heavy atom. The van der Waals surface area contributed by atoms with Crippen LogP contribution in [0.3, 0.4) is 0 Å². The highest BCUT2D eigenvalue weighted by Crippen LogP contribution is 2.20. The minimum atomic E-state index is 0.376. The average Bonchev–Trinajstić information content (AvgIpc) is 2.72. The van der Waals surface area contributed by atoms with Gasteiger partial charge in [-0.3, -0.25) is 0 Å². The van der Waals surface area contributed by atoms with Crippen molar-refractivity contribution < 1.29 is 9.15 Å². The van der Waals surface area contributed by atoms with E-state index in [1.54, 1.807) is 10.9 Å². The lowest BCUT2D eigenvalue weighted by atomic mass is 10.3. The first-order valence-electron chi connectivity index (χ1n) is 5.12. The lowest BCUT2D eigenvalue weighted by Crippen LogP contribution is -2.01. The molecule has 16 heavy (non-hydrogen) atoms. The number of oxazole rings is 1. The summed E-state index contributed by atoms with van der Waals surface area (Å²) in [5.41, 5.74) is 2.03. The summed E-state index contributed by atoms with van der Waals surface area (Å²) in [6.07, 6.45) is 1.67. The first-order chi connectivity index (χ1) is 7.58. The molecule has 0 aliphatic carbocycles. The molecule has 2 heterocycles. The van der Waals surface area contributed by atoms with Gasteiger partial charge in [0.25, 0.3) is 0 Å². The van der Waals surface area contributed by atoms with E-state index in [2.05, 4.69) is 10.1 Å². The molecule has 5 heteroatoms. The van der Waals surface area contributed by atoms with Crippen LogP contribution in [0.1, 0.15) is 22.9 Å². The Balaban J connectivity index is 2.10. The summed E-state index contributed by atoms with van der Waals surface area (Å²) in [6, 6.07) is 0. The first kappa shape index (κ1) is 10.7. The van der Waals surface area contributed by atoms with E-state index in [0.29, 0.717) is 12.5 Å². The molecule has 2 aromatic heterocycles. The fourth-order valence-corrected chi connectivity index (χ4v) is 1.56. The van der Waals surface area contributed by atoms with Gasteiger partial charge in [-0.25, -0.2) is 9.67 Å². The highest BCUT2D eigenvalue weighted by atomic mass is 16.5. The predicted octanol–water partition coefficient (Wildman–Crippen LogP) is 1.91. The molecular weight excluding hydrogens is 206 g/mol. The van der Waals surface area contributed by atoms with Gasteiger partial charge >= 0.3 is 0 Å². The molecule has 0 radical (unpaired) electrons. The summed E-state index contributed by atoms with van der Waals surface area (Å²) in [4.78, 5) is 4.01. The molecule has 0 spiro atoms. The molecule has 0 aliphatic rings. The van der Waals surface area contributed by atoms with E-state index in [9.17, 15) is 0 Å². The average molecular weight is 221 g/mol. The SMILES string of the molecule is Cc1ncc(COc2c(C)c(C)nn2C)o1. The summed E-state index contributed by atoms with van der Waals surface area (Å²) >= 11 is 0. The van der Waals surface area contributed by atoms with Crippen molar-refractivity contribution in [3.05, 3.63) is 29.1 Å². The van der Waals surface area contributed by atoms with Crippen molar-refractivity contribution in [3.8, 4) is 5.88 Å². The smallest absolute Gasteiger partial charge is 0.215 e. The van der Waals surface area contributed by atoms with Crippen LogP contribution in [0.2, 0.25) is 0 Å². The Labute approximate surface area is 94.0 Å². The van der Waals surface area contributed by atoms with Crippen LogP contribution in [0.25, 0.3) is 0 Å².